The molecule has 0 fully saturated rings. The summed E-state index contributed by atoms with van der Waals surface area (Å²) in [6.07, 6.45) is 0. The summed E-state index contributed by atoms with van der Waals surface area (Å²) >= 11 is 12.9. The van der Waals surface area contributed by atoms with Crippen LogP contribution in [-0.4, -0.2) is 8.42 Å². The number of nitrogens with two attached hydrogens (primary N) is 1. The monoisotopic (exact) mass is 492 g/mol. The summed E-state index contributed by atoms with van der Waals surface area (Å²) in [5.41, 5.74) is 1.80. The minimum atomic E-state index is -3.84. The van der Waals surface area contributed by atoms with Crippen LogP contribution in [0.5, 0.6) is 0 Å². The number of nitrogens with one attached hydrogen (secondary N) is 1. The van der Waals surface area contributed by atoms with Crippen LogP contribution >= 0.6 is 30.5 Å². The zero-order chi connectivity index (χ0) is 22.5. The van der Waals surface area contributed by atoms with Crippen molar-refractivity contribution < 1.29 is 13.0 Å². The van der Waals surface area contributed by atoms with E-state index >= 15 is 0 Å². The number of sulfonamides is 1. The summed E-state index contributed by atoms with van der Waals surface area (Å²) in [5.74, 6) is 2.84. The first kappa shape index (κ1) is 23.3. The van der Waals surface area contributed by atoms with E-state index in [1.54, 1.807) is 24.3 Å². The molecule has 0 heterocycles. The Morgan fingerprint density at radius 1 is 0.774 bits per heavy atom. The highest BCUT2D eigenvalue weighted by molar-refractivity contribution is 7.89. The van der Waals surface area contributed by atoms with Crippen molar-refractivity contribution in [2.75, 3.05) is 5.09 Å². The van der Waals surface area contributed by atoms with Crippen molar-refractivity contribution in [3.63, 3.8) is 0 Å². The topological polar surface area (TPSA) is 89.3 Å². The maximum atomic E-state index is 13.9. The van der Waals surface area contributed by atoms with Crippen molar-refractivity contribution in [1.29, 1.82) is 0 Å². The summed E-state index contributed by atoms with van der Waals surface area (Å²) in [5, 5.41) is 8.64. The lowest BCUT2D eigenvalue weighted by Gasteiger charge is -2.16. The fourth-order valence-electron chi connectivity index (χ4n) is 2.70. The third-order valence-electron chi connectivity index (χ3n) is 4.20. The third kappa shape index (κ3) is 6.57. The van der Waals surface area contributed by atoms with Crippen LogP contribution < -0.4 is 10.2 Å². The van der Waals surface area contributed by atoms with Crippen LogP contribution in [0.1, 0.15) is 11.1 Å². The highest BCUT2D eigenvalue weighted by Gasteiger charge is 2.20. The Labute approximate surface area is 191 Å². The molecular weight excluding hydrogens is 474 g/mol. The van der Waals surface area contributed by atoms with Gasteiger partial charge in [-0.05, 0) is 35.4 Å². The van der Waals surface area contributed by atoms with E-state index in [-0.39, 0.29) is 15.0 Å². The minimum Gasteiger partial charge on any atom is -0.330 e. The van der Waals surface area contributed by atoms with Gasteiger partial charge in [-0.2, -0.15) is 0 Å². The van der Waals surface area contributed by atoms with Crippen molar-refractivity contribution in [2.45, 2.75) is 4.90 Å². The Hall–Kier alpha value is -2.34. The summed E-state index contributed by atoms with van der Waals surface area (Å²) in [6.45, 7) is 0. The zero-order valence-corrected chi connectivity index (χ0v) is 19.4. The molecule has 3 aromatic carbocycles. The van der Waals surface area contributed by atoms with Gasteiger partial charge in [-0.3, -0.25) is 4.57 Å². The molecule has 0 amide bonds. The Morgan fingerprint density at radius 3 is 1.58 bits per heavy atom. The number of rotatable bonds is 7. The minimum absolute atomic E-state index is 0.0522. The molecule has 5 nitrogen and oxygen atoms in total. The lowest BCUT2D eigenvalue weighted by molar-refractivity contribution is 0.589. The zero-order valence-electron chi connectivity index (χ0n) is 16.2. The Balaban J connectivity index is 2.02. The summed E-state index contributed by atoms with van der Waals surface area (Å²) in [7, 11) is -7.30. The molecule has 1 atom stereocenters. The Morgan fingerprint density at radius 2 is 1.19 bits per heavy atom. The lowest BCUT2D eigenvalue weighted by Crippen LogP contribution is -2.11. The normalized spacial score (nSPS) is 14.7. The molecule has 0 saturated carbocycles. The first-order valence-corrected chi connectivity index (χ1v) is 13.2. The maximum Gasteiger partial charge on any atom is 0.238 e. The van der Waals surface area contributed by atoms with E-state index in [0.717, 1.165) is 0 Å². The molecule has 1 unspecified atom stereocenters. The van der Waals surface area contributed by atoms with E-state index in [4.69, 9.17) is 28.3 Å². The van der Waals surface area contributed by atoms with Gasteiger partial charge >= 0.3 is 0 Å². The van der Waals surface area contributed by atoms with Gasteiger partial charge in [0.2, 0.25) is 17.3 Å². The number of hydrogen-bond donors (Lipinski definition) is 2. The predicted molar refractivity (Wildman–Crippen MR) is 130 cm³/mol. The average molecular weight is 493 g/mol. The van der Waals surface area contributed by atoms with E-state index < -0.39 is 17.3 Å². The smallest absolute Gasteiger partial charge is 0.238 e. The lowest BCUT2D eigenvalue weighted by atomic mass is 10.2. The number of halogens is 2. The Bertz CT molecular complexity index is 1200. The van der Waals surface area contributed by atoms with Crippen LogP contribution in [0.15, 0.2) is 101 Å². The quantitative estimate of drug-likeness (QED) is 0.368. The summed E-state index contributed by atoms with van der Waals surface area (Å²) in [4.78, 5) is -0.0522. The van der Waals surface area contributed by atoms with E-state index in [0.29, 0.717) is 16.8 Å². The van der Waals surface area contributed by atoms with Crippen molar-refractivity contribution in [3.8, 4) is 0 Å². The van der Waals surface area contributed by atoms with Crippen LogP contribution in [0.4, 0.5) is 5.69 Å². The fourth-order valence-corrected chi connectivity index (χ4v) is 6.07. The average Bonchev–Trinajstić information content (AvgIpc) is 2.74. The van der Waals surface area contributed by atoms with Crippen LogP contribution in [0.2, 0.25) is 0 Å². The second-order valence-electron chi connectivity index (χ2n) is 6.58. The second-order valence-corrected chi connectivity index (χ2v) is 11.1. The molecule has 0 aromatic heterocycles. The molecule has 0 saturated heterocycles. The van der Waals surface area contributed by atoms with E-state index in [1.165, 1.54) is 35.9 Å². The van der Waals surface area contributed by atoms with Crippen LogP contribution in [-0.2, 0) is 14.6 Å². The summed E-state index contributed by atoms with van der Waals surface area (Å²) in [6, 6.07) is 23.8. The highest BCUT2D eigenvalue weighted by atomic mass is 35.5. The van der Waals surface area contributed by atoms with Crippen molar-refractivity contribution in [1.82, 2.24) is 0 Å². The SMILES string of the molecule is NS(=O)(=O)c1ccc(NP(=O)(/C=C(\Cl)c2ccccc2)/C=C(/Cl)c2ccccc2)cc1. The number of primary sulfonamides is 1. The summed E-state index contributed by atoms with van der Waals surface area (Å²) < 4.78 is 36.8. The van der Waals surface area contributed by atoms with Crippen LogP contribution in [0.3, 0.4) is 0 Å². The van der Waals surface area contributed by atoms with Crippen molar-refractivity contribution in [2.24, 2.45) is 5.14 Å². The fraction of sp³-hybridized carbons (Fsp3) is 0. The van der Waals surface area contributed by atoms with Crippen LogP contribution in [0, 0.1) is 0 Å². The molecule has 31 heavy (non-hydrogen) atoms. The first-order chi connectivity index (χ1) is 14.7. The van der Waals surface area contributed by atoms with E-state index in [2.05, 4.69) is 5.09 Å². The molecule has 3 N–H and O–H groups in total. The van der Waals surface area contributed by atoms with E-state index in [9.17, 15) is 13.0 Å². The van der Waals surface area contributed by atoms with Gasteiger partial charge < -0.3 is 5.09 Å². The highest BCUT2D eigenvalue weighted by Crippen LogP contribution is 2.53. The molecule has 3 rings (SSSR count). The molecule has 0 radical (unpaired) electrons. The van der Waals surface area contributed by atoms with Gasteiger partial charge in [-0.25, -0.2) is 13.6 Å². The standard InChI is InChI=1S/C22H19Cl2N2O3PS/c23-21(17-7-3-1-4-8-17)15-30(27,16-22(24)18-9-5-2-6-10-18)26-19-11-13-20(14-12-19)31(25,28)29/h1-16H,(H,26,27)(H2,25,28,29)/b21-15-,22-16+. The largest absolute Gasteiger partial charge is 0.330 e. The molecule has 0 aliphatic heterocycles. The third-order valence-corrected chi connectivity index (χ3v) is 7.98. The van der Waals surface area contributed by atoms with Gasteiger partial charge in [-0.1, -0.05) is 83.9 Å². The number of hydrogen-bond acceptors (Lipinski definition) is 3. The van der Waals surface area contributed by atoms with Gasteiger partial charge in [0, 0.05) is 17.3 Å². The van der Waals surface area contributed by atoms with Crippen molar-refractivity contribution in [3.05, 3.63) is 108 Å². The molecule has 0 aliphatic carbocycles. The second kappa shape index (κ2) is 9.86. The van der Waals surface area contributed by atoms with Gasteiger partial charge in [-0.15, -0.1) is 0 Å². The molecular formula is C22H19Cl2N2O3PS. The van der Waals surface area contributed by atoms with Gasteiger partial charge in [0.1, 0.15) is 0 Å². The van der Waals surface area contributed by atoms with Gasteiger partial charge in [0.05, 0.1) is 15.0 Å². The molecule has 160 valence electrons. The molecule has 0 spiro atoms. The van der Waals surface area contributed by atoms with Gasteiger partial charge in [0.25, 0.3) is 0 Å². The number of anilines is 1. The predicted octanol–water partition coefficient (Wildman–Crippen LogP) is 6.50. The molecule has 0 bridgehead atoms. The van der Waals surface area contributed by atoms with Crippen LogP contribution in [0.25, 0.3) is 10.1 Å². The number of benzene rings is 3. The maximum absolute atomic E-state index is 13.9. The van der Waals surface area contributed by atoms with E-state index in [1.807, 2.05) is 36.4 Å². The van der Waals surface area contributed by atoms with Crippen molar-refractivity contribution >= 4 is 56.3 Å². The molecule has 0 aliphatic rings. The first-order valence-electron chi connectivity index (χ1n) is 9.04. The van der Waals surface area contributed by atoms with Gasteiger partial charge in [0.15, 0.2) is 0 Å². The Kier molecular flexibility index (Phi) is 7.42. The molecule has 9 heteroatoms. The molecule has 3 aromatic rings.